The summed E-state index contributed by atoms with van der Waals surface area (Å²) in [6.45, 7) is 7.69. The fourth-order valence-electron chi connectivity index (χ4n) is 7.84. The zero-order chi connectivity index (χ0) is 39.3. The van der Waals surface area contributed by atoms with E-state index < -0.39 is 5.92 Å². The Labute approximate surface area is 339 Å². The fraction of sp³-hybridized carbons (Fsp3) is 0.960. The van der Waals surface area contributed by atoms with Crippen LogP contribution in [0, 0.1) is 5.92 Å². The predicted molar refractivity (Wildman–Crippen MR) is 236 cm³/mol. The number of carbonyl (C=O) groups excluding carboxylic acids is 2. The second-order valence-electron chi connectivity index (χ2n) is 17.1. The van der Waals surface area contributed by atoms with Gasteiger partial charge < -0.3 is 9.47 Å². The van der Waals surface area contributed by atoms with Crippen molar-refractivity contribution < 1.29 is 19.1 Å². The van der Waals surface area contributed by atoms with Crippen molar-refractivity contribution >= 4 is 11.9 Å². The highest BCUT2D eigenvalue weighted by Gasteiger charge is 2.29. The third-order valence-electron chi connectivity index (χ3n) is 11.6. The van der Waals surface area contributed by atoms with Gasteiger partial charge in [0.1, 0.15) is 0 Å². The van der Waals surface area contributed by atoms with Gasteiger partial charge in [0.15, 0.2) is 5.92 Å². The van der Waals surface area contributed by atoms with Gasteiger partial charge in [0.2, 0.25) is 0 Å². The van der Waals surface area contributed by atoms with Crippen LogP contribution in [-0.4, -0.2) is 25.2 Å². The molecule has 0 rings (SSSR count). The number of hydrogen-bond acceptors (Lipinski definition) is 4. The molecule has 0 saturated carbocycles. The molecule has 0 radical (unpaired) electrons. The highest BCUT2D eigenvalue weighted by molar-refractivity contribution is 5.94. The second kappa shape index (κ2) is 46.3. The maximum absolute atomic E-state index is 13.1. The van der Waals surface area contributed by atoms with Crippen molar-refractivity contribution in [2.45, 2.75) is 290 Å². The molecule has 0 amide bonds. The molecule has 0 heterocycles. The molecule has 0 N–H and O–H groups in total. The van der Waals surface area contributed by atoms with Crippen LogP contribution in [0.15, 0.2) is 0 Å². The normalized spacial score (nSPS) is 11.5. The van der Waals surface area contributed by atoms with Gasteiger partial charge in [-0.15, -0.1) is 0 Å². The molecule has 0 fully saturated rings. The molecular weight excluding hydrogens is 665 g/mol. The van der Waals surface area contributed by atoms with Crippen LogP contribution in [0.4, 0.5) is 0 Å². The van der Waals surface area contributed by atoms with E-state index in [1.165, 1.54) is 225 Å². The molecule has 0 unspecified atom stereocenters. The first-order chi connectivity index (χ1) is 26.7. The first-order valence-electron chi connectivity index (χ1n) is 25.0. The van der Waals surface area contributed by atoms with E-state index >= 15 is 0 Å². The Morgan fingerprint density at radius 3 is 0.685 bits per heavy atom. The third-order valence-corrected chi connectivity index (χ3v) is 11.6. The largest absolute Gasteiger partial charge is 0.465 e. The van der Waals surface area contributed by atoms with Gasteiger partial charge in [-0.25, -0.2) is 0 Å². The van der Waals surface area contributed by atoms with Gasteiger partial charge in [0, 0.05) is 0 Å². The third kappa shape index (κ3) is 40.6. The van der Waals surface area contributed by atoms with Crippen LogP contribution in [-0.2, 0) is 19.1 Å². The Balaban J connectivity index is 4.08. The van der Waals surface area contributed by atoms with Crippen LogP contribution < -0.4 is 0 Å². The van der Waals surface area contributed by atoms with E-state index in [2.05, 4.69) is 20.8 Å². The lowest BCUT2D eigenvalue weighted by Gasteiger charge is -2.15. The predicted octanol–water partition coefficient (Wildman–Crippen LogP) is 17.1. The van der Waals surface area contributed by atoms with E-state index in [1.54, 1.807) is 0 Å². The van der Waals surface area contributed by atoms with Crippen molar-refractivity contribution in [2.24, 2.45) is 5.92 Å². The maximum Gasteiger partial charge on any atom is 0.320 e. The van der Waals surface area contributed by atoms with Gasteiger partial charge in [0.25, 0.3) is 0 Å². The molecule has 0 aromatic rings. The Hall–Kier alpha value is -1.06. The molecule has 0 aliphatic heterocycles. The summed E-state index contributed by atoms with van der Waals surface area (Å²) in [7, 11) is 0. The van der Waals surface area contributed by atoms with E-state index in [1.807, 2.05) is 0 Å². The first kappa shape index (κ1) is 52.9. The van der Waals surface area contributed by atoms with E-state index in [4.69, 9.17) is 9.47 Å². The molecule has 0 saturated heterocycles. The van der Waals surface area contributed by atoms with E-state index in [0.29, 0.717) is 19.6 Å². The van der Waals surface area contributed by atoms with Crippen molar-refractivity contribution in [3.8, 4) is 0 Å². The number of unbranched alkanes of at least 4 members (excludes halogenated alkanes) is 38. The molecule has 0 atom stereocenters. The lowest BCUT2D eigenvalue weighted by atomic mass is 10.00. The van der Waals surface area contributed by atoms with Crippen LogP contribution in [0.25, 0.3) is 0 Å². The molecule has 0 aromatic carbocycles. The van der Waals surface area contributed by atoms with E-state index in [9.17, 15) is 9.59 Å². The van der Waals surface area contributed by atoms with Crippen LogP contribution in [0.1, 0.15) is 290 Å². The zero-order valence-electron chi connectivity index (χ0n) is 37.3. The Morgan fingerprint density at radius 1 is 0.278 bits per heavy atom. The molecule has 0 aromatic heterocycles. The lowest BCUT2D eigenvalue weighted by molar-refractivity contribution is -0.162. The molecular formula is C50H98O4. The van der Waals surface area contributed by atoms with Crippen LogP contribution in [0.2, 0.25) is 0 Å². The summed E-state index contributed by atoms with van der Waals surface area (Å²) in [5.41, 5.74) is 0. The highest BCUT2D eigenvalue weighted by atomic mass is 16.6. The summed E-state index contributed by atoms with van der Waals surface area (Å²) in [6, 6.07) is 0. The average molecular weight is 763 g/mol. The van der Waals surface area contributed by atoms with Crippen molar-refractivity contribution in [2.75, 3.05) is 13.2 Å². The number of esters is 2. The number of carbonyl (C=O) groups is 2. The topological polar surface area (TPSA) is 52.6 Å². The number of ether oxygens (including phenoxy) is 2. The molecule has 4 nitrogen and oxygen atoms in total. The zero-order valence-corrected chi connectivity index (χ0v) is 37.3. The molecule has 0 bridgehead atoms. The summed E-state index contributed by atoms with van der Waals surface area (Å²) >= 11 is 0. The van der Waals surface area contributed by atoms with Gasteiger partial charge in [0.05, 0.1) is 13.2 Å². The lowest BCUT2D eigenvalue weighted by Crippen LogP contribution is -2.28. The summed E-state index contributed by atoms with van der Waals surface area (Å²) in [5, 5.41) is 0. The van der Waals surface area contributed by atoms with Crippen molar-refractivity contribution in [1.82, 2.24) is 0 Å². The van der Waals surface area contributed by atoms with E-state index in [0.717, 1.165) is 38.5 Å². The molecule has 54 heavy (non-hydrogen) atoms. The molecule has 322 valence electrons. The minimum Gasteiger partial charge on any atom is -0.465 e. The minimum absolute atomic E-state index is 0.354. The van der Waals surface area contributed by atoms with Gasteiger partial charge in [-0.1, -0.05) is 271 Å². The number of rotatable bonds is 46. The standard InChI is InChI=1S/C50H98O4/c1-4-7-10-13-16-19-21-23-25-27-29-31-34-37-40-43-46-53-49(51)48(45-42-39-36-33-18-15-12-9-6-3)50(52)54-47-44-41-38-35-32-30-28-26-24-22-20-17-14-11-8-5-2/h48H,4-47H2,1-3H3. The monoisotopic (exact) mass is 763 g/mol. The highest BCUT2D eigenvalue weighted by Crippen LogP contribution is 2.19. The average Bonchev–Trinajstić information content (AvgIpc) is 3.17. The molecule has 0 aliphatic carbocycles. The first-order valence-corrected chi connectivity index (χ1v) is 25.0. The summed E-state index contributed by atoms with van der Waals surface area (Å²) < 4.78 is 11.3. The van der Waals surface area contributed by atoms with Crippen LogP contribution in [0.3, 0.4) is 0 Å². The van der Waals surface area contributed by atoms with Gasteiger partial charge in [-0.05, 0) is 19.3 Å². The number of hydrogen-bond donors (Lipinski definition) is 0. The van der Waals surface area contributed by atoms with Gasteiger partial charge in [-0.2, -0.15) is 0 Å². The van der Waals surface area contributed by atoms with Crippen molar-refractivity contribution in [3.05, 3.63) is 0 Å². The Kier molecular flexibility index (Phi) is 45.4. The SMILES string of the molecule is CCCCCCCCCCCCCCCCCCOC(=O)C(CCCCCCCCCCC)C(=O)OCCCCCCCCCCCCCCCCCC. The fourth-order valence-corrected chi connectivity index (χ4v) is 7.84. The summed E-state index contributed by atoms with van der Waals surface area (Å²) in [6.07, 6.45) is 53.9. The maximum atomic E-state index is 13.1. The van der Waals surface area contributed by atoms with E-state index in [-0.39, 0.29) is 11.9 Å². The van der Waals surface area contributed by atoms with Crippen LogP contribution in [0.5, 0.6) is 0 Å². The van der Waals surface area contributed by atoms with Gasteiger partial charge in [-0.3, -0.25) is 9.59 Å². The van der Waals surface area contributed by atoms with Crippen molar-refractivity contribution in [1.29, 1.82) is 0 Å². The summed E-state index contributed by atoms with van der Waals surface area (Å²) in [4.78, 5) is 26.1. The molecule has 0 aliphatic rings. The smallest absolute Gasteiger partial charge is 0.320 e. The Morgan fingerprint density at radius 2 is 0.463 bits per heavy atom. The Bertz CT molecular complexity index is 686. The van der Waals surface area contributed by atoms with Gasteiger partial charge >= 0.3 is 11.9 Å². The van der Waals surface area contributed by atoms with Crippen molar-refractivity contribution in [3.63, 3.8) is 0 Å². The quantitative estimate of drug-likeness (QED) is 0.0352. The molecule has 0 spiro atoms. The summed E-state index contributed by atoms with van der Waals surface area (Å²) in [5.74, 6) is -1.46. The molecule has 4 heteroatoms. The van der Waals surface area contributed by atoms with Crippen LogP contribution >= 0.6 is 0 Å². The minimum atomic E-state index is -0.753. The second-order valence-corrected chi connectivity index (χ2v) is 17.1.